The molecule has 0 atom stereocenters. The smallest absolute Gasteiger partial charge is 0.343 e. The van der Waals surface area contributed by atoms with Gasteiger partial charge in [-0.2, -0.15) is 0 Å². The third-order valence-corrected chi connectivity index (χ3v) is 5.64. The van der Waals surface area contributed by atoms with Gasteiger partial charge in [-0.3, -0.25) is 9.59 Å². The molecule has 2 N–H and O–H groups in total. The Labute approximate surface area is 170 Å². The van der Waals surface area contributed by atoms with Crippen LogP contribution in [0.3, 0.4) is 0 Å². The van der Waals surface area contributed by atoms with Gasteiger partial charge in [0.05, 0.1) is 28.4 Å². The zero-order valence-electron chi connectivity index (χ0n) is 14.9. The molecule has 2 aromatic rings. The second-order valence-corrected chi connectivity index (χ2v) is 8.50. The van der Waals surface area contributed by atoms with Crippen LogP contribution in [0, 0.1) is 0 Å². The molecule has 0 unspecified atom stereocenters. The van der Waals surface area contributed by atoms with Crippen molar-refractivity contribution in [2.45, 2.75) is 4.90 Å². The number of amides is 2. The minimum Gasteiger partial charge on any atom is -0.493 e. The van der Waals surface area contributed by atoms with Crippen LogP contribution in [0.5, 0.6) is 5.75 Å². The Kier molecular flexibility index (Phi) is 6.20. The lowest BCUT2D eigenvalue weighted by Crippen LogP contribution is -2.33. The molecule has 1 heterocycles. The molecular weight excluding hydrogens is 420 g/mol. The second-order valence-electron chi connectivity index (χ2n) is 5.83. The van der Waals surface area contributed by atoms with Gasteiger partial charge in [-0.15, -0.1) is 11.8 Å². The Bertz CT molecular complexity index is 1020. The van der Waals surface area contributed by atoms with Crippen molar-refractivity contribution in [1.82, 2.24) is 5.06 Å². The Morgan fingerprint density at radius 3 is 2.14 bits per heavy atom. The van der Waals surface area contributed by atoms with Crippen LogP contribution in [-0.4, -0.2) is 49.4 Å². The fourth-order valence-electron chi connectivity index (χ4n) is 2.48. The van der Waals surface area contributed by atoms with Gasteiger partial charge in [-0.05, 0) is 36.4 Å². The zero-order chi connectivity index (χ0) is 21.0. The third kappa shape index (κ3) is 4.94. The van der Waals surface area contributed by atoms with E-state index in [1.54, 1.807) is 12.1 Å². The highest BCUT2D eigenvalue weighted by molar-refractivity contribution is 7.99. The molecule has 11 heteroatoms. The van der Waals surface area contributed by atoms with Gasteiger partial charge in [-0.25, -0.2) is 18.4 Å². The first kappa shape index (κ1) is 20.8. The van der Waals surface area contributed by atoms with Crippen LogP contribution in [-0.2, 0) is 19.7 Å². The summed E-state index contributed by atoms with van der Waals surface area (Å²) in [7, 11) is -3.76. The van der Waals surface area contributed by atoms with Crippen molar-refractivity contribution in [1.29, 1.82) is 0 Å². The van der Waals surface area contributed by atoms with Crippen LogP contribution in [0.4, 0.5) is 0 Å². The van der Waals surface area contributed by atoms with E-state index in [1.165, 1.54) is 48.2 Å². The normalized spacial score (nSPS) is 13.3. The third-order valence-electron chi connectivity index (χ3n) is 3.82. The highest BCUT2D eigenvalue weighted by atomic mass is 32.2. The van der Waals surface area contributed by atoms with Crippen LogP contribution in [0.15, 0.2) is 53.4 Å². The number of imide groups is 1. The van der Waals surface area contributed by atoms with E-state index in [2.05, 4.69) is 0 Å². The molecule has 29 heavy (non-hydrogen) atoms. The maximum atomic E-state index is 12.1. The summed E-state index contributed by atoms with van der Waals surface area (Å²) in [5.74, 6) is -1.28. The number of hydrogen-bond donors (Lipinski definition) is 1. The Hall–Kier alpha value is -2.89. The molecule has 2 aromatic carbocycles. The summed E-state index contributed by atoms with van der Waals surface area (Å²) < 4.78 is 27.8. The van der Waals surface area contributed by atoms with Gasteiger partial charge in [-0.1, -0.05) is 17.2 Å². The van der Waals surface area contributed by atoms with Gasteiger partial charge < -0.3 is 9.57 Å². The average molecular weight is 436 g/mol. The Morgan fingerprint density at radius 2 is 1.59 bits per heavy atom. The predicted molar refractivity (Wildman–Crippen MR) is 104 cm³/mol. The number of carbonyl (C=O) groups is 3. The Balaban J connectivity index is 1.40. The second kappa shape index (κ2) is 8.64. The zero-order valence-corrected chi connectivity index (χ0v) is 16.6. The number of rotatable bonds is 8. The molecule has 9 nitrogen and oxygen atoms in total. The first-order chi connectivity index (χ1) is 13.8. The number of sulfonamides is 1. The van der Waals surface area contributed by atoms with E-state index >= 15 is 0 Å². The van der Waals surface area contributed by atoms with E-state index in [0.29, 0.717) is 16.6 Å². The SMILES string of the molecule is NS(=O)(=O)c1ccc(OCCSCC(=O)ON2C(=O)c3ccccc3C2=O)cc1. The molecule has 152 valence electrons. The molecule has 1 aliphatic heterocycles. The van der Waals surface area contributed by atoms with Crippen LogP contribution in [0.25, 0.3) is 0 Å². The van der Waals surface area contributed by atoms with Crippen molar-refractivity contribution in [3.63, 3.8) is 0 Å². The first-order valence-corrected chi connectivity index (χ1v) is 11.0. The van der Waals surface area contributed by atoms with E-state index in [4.69, 9.17) is 14.7 Å². The van der Waals surface area contributed by atoms with Crippen molar-refractivity contribution in [2.24, 2.45) is 5.14 Å². The van der Waals surface area contributed by atoms with Crippen molar-refractivity contribution in [3.05, 3.63) is 59.7 Å². The molecule has 1 aliphatic rings. The lowest BCUT2D eigenvalue weighted by atomic mass is 10.1. The molecule has 0 bridgehead atoms. The number of primary sulfonamides is 1. The summed E-state index contributed by atoms with van der Waals surface area (Å²) in [6, 6.07) is 11.8. The van der Waals surface area contributed by atoms with Crippen molar-refractivity contribution in [3.8, 4) is 5.75 Å². The number of carbonyl (C=O) groups excluding carboxylic acids is 3. The minimum absolute atomic E-state index is 0.0184. The highest BCUT2D eigenvalue weighted by Crippen LogP contribution is 2.23. The lowest BCUT2D eigenvalue weighted by molar-refractivity contribution is -0.165. The van der Waals surface area contributed by atoms with Gasteiger partial charge in [0, 0.05) is 5.75 Å². The largest absolute Gasteiger partial charge is 0.493 e. The minimum atomic E-state index is -3.76. The number of fused-ring (bicyclic) bond motifs is 1. The molecule has 3 rings (SSSR count). The topological polar surface area (TPSA) is 133 Å². The quantitative estimate of drug-likeness (QED) is 0.482. The standard InChI is InChI=1S/C18H16N2O7S2/c19-29(24,25)13-7-5-12(6-8-13)26-9-10-28-11-16(21)27-20-17(22)14-3-1-2-4-15(14)18(20)23/h1-8H,9-11H2,(H2,19,24,25). The van der Waals surface area contributed by atoms with Gasteiger partial charge in [0.2, 0.25) is 10.0 Å². The fraction of sp³-hybridized carbons (Fsp3) is 0.167. The van der Waals surface area contributed by atoms with Crippen LogP contribution in [0.1, 0.15) is 20.7 Å². The molecule has 0 saturated carbocycles. The molecule has 0 radical (unpaired) electrons. The van der Waals surface area contributed by atoms with Gasteiger partial charge in [0.25, 0.3) is 11.8 Å². The summed E-state index contributed by atoms with van der Waals surface area (Å²) >= 11 is 1.19. The number of benzene rings is 2. The van der Waals surface area contributed by atoms with Crippen LogP contribution < -0.4 is 9.88 Å². The number of hydrogen-bond acceptors (Lipinski definition) is 8. The highest BCUT2D eigenvalue weighted by Gasteiger charge is 2.38. The molecule has 0 aliphatic carbocycles. The first-order valence-electron chi connectivity index (χ1n) is 8.29. The van der Waals surface area contributed by atoms with Gasteiger partial charge in [0.15, 0.2) is 0 Å². The number of ether oxygens (including phenoxy) is 1. The van der Waals surface area contributed by atoms with E-state index in [-0.39, 0.29) is 28.4 Å². The summed E-state index contributed by atoms with van der Waals surface area (Å²) in [4.78, 5) is 41.0. The molecule has 0 saturated heterocycles. The van der Waals surface area contributed by atoms with Crippen molar-refractivity contribution in [2.75, 3.05) is 18.1 Å². The molecular formula is C18H16N2O7S2. The van der Waals surface area contributed by atoms with Crippen molar-refractivity contribution < 1.29 is 32.4 Å². The number of nitrogens with two attached hydrogens (primary N) is 1. The molecule has 0 fully saturated rings. The predicted octanol–water partition coefficient (Wildman–Crippen LogP) is 1.20. The maximum Gasteiger partial charge on any atom is 0.343 e. The number of thioether (sulfide) groups is 1. The van der Waals surface area contributed by atoms with E-state index in [9.17, 15) is 22.8 Å². The van der Waals surface area contributed by atoms with Gasteiger partial charge >= 0.3 is 5.97 Å². The van der Waals surface area contributed by atoms with Gasteiger partial charge in [0.1, 0.15) is 5.75 Å². The molecule has 2 amide bonds. The van der Waals surface area contributed by atoms with Crippen LogP contribution in [0.2, 0.25) is 0 Å². The monoisotopic (exact) mass is 436 g/mol. The lowest BCUT2D eigenvalue weighted by Gasteiger charge is -2.12. The number of nitrogens with zero attached hydrogens (tertiary/aromatic N) is 1. The number of hydroxylamine groups is 2. The Morgan fingerprint density at radius 1 is 1.00 bits per heavy atom. The molecule has 0 aromatic heterocycles. The maximum absolute atomic E-state index is 12.1. The fourth-order valence-corrected chi connectivity index (χ4v) is 3.56. The molecule has 0 spiro atoms. The van der Waals surface area contributed by atoms with Crippen molar-refractivity contribution >= 4 is 39.6 Å². The summed E-state index contributed by atoms with van der Waals surface area (Å²) in [6.07, 6.45) is 0. The summed E-state index contributed by atoms with van der Waals surface area (Å²) in [6.45, 7) is 0.250. The summed E-state index contributed by atoms with van der Waals surface area (Å²) in [5.41, 5.74) is 0.389. The summed E-state index contributed by atoms with van der Waals surface area (Å²) in [5, 5.41) is 5.48. The van der Waals surface area contributed by atoms with E-state index in [1.807, 2.05) is 0 Å². The average Bonchev–Trinajstić information content (AvgIpc) is 2.93. The van der Waals surface area contributed by atoms with E-state index in [0.717, 1.165) is 0 Å². The van der Waals surface area contributed by atoms with Crippen LogP contribution >= 0.6 is 11.8 Å². The van der Waals surface area contributed by atoms with E-state index < -0.39 is 27.8 Å².